The summed E-state index contributed by atoms with van der Waals surface area (Å²) in [5, 5.41) is 3.27. The van der Waals surface area contributed by atoms with Crippen LogP contribution in [0.4, 0.5) is 0 Å². The Kier molecular flexibility index (Phi) is 8.39. The van der Waals surface area contributed by atoms with E-state index in [0.717, 1.165) is 25.0 Å². The lowest BCUT2D eigenvalue weighted by molar-refractivity contribution is -0.135. The number of hydrogen-bond donors (Lipinski definition) is 2. The first kappa shape index (κ1) is 21.2. The summed E-state index contributed by atoms with van der Waals surface area (Å²) in [7, 11) is 0. The molecule has 0 spiro atoms. The van der Waals surface area contributed by atoms with Gasteiger partial charge in [0.05, 0.1) is 12.0 Å². The highest BCUT2D eigenvalue weighted by molar-refractivity contribution is 5.85. The molecule has 1 aromatic carbocycles. The van der Waals surface area contributed by atoms with Crippen molar-refractivity contribution in [1.29, 1.82) is 0 Å². The minimum absolute atomic E-state index is 0. The average molecular weight is 381 g/mol. The van der Waals surface area contributed by atoms with Crippen LogP contribution >= 0.6 is 12.4 Å². The topological polar surface area (TPSA) is 64.3 Å². The molecule has 146 valence electrons. The summed E-state index contributed by atoms with van der Waals surface area (Å²) in [6.07, 6.45) is 7.89. The zero-order chi connectivity index (χ0) is 17.6. The number of benzene rings is 1. The predicted molar refractivity (Wildman–Crippen MR) is 107 cm³/mol. The first-order valence-electron chi connectivity index (χ1n) is 9.87. The molecule has 5 heteroatoms. The molecule has 1 saturated heterocycles. The third kappa shape index (κ3) is 5.21. The largest absolute Gasteiger partial charge is 0.373 e. The first-order valence-corrected chi connectivity index (χ1v) is 9.87. The lowest BCUT2D eigenvalue weighted by atomic mass is 9.83. The number of aryl methyl sites for hydroxylation is 1. The molecule has 0 radical (unpaired) electrons. The Balaban J connectivity index is 0.00000243. The van der Waals surface area contributed by atoms with Gasteiger partial charge in [-0.25, -0.2) is 0 Å². The second-order valence-electron chi connectivity index (χ2n) is 7.70. The van der Waals surface area contributed by atoms with Crippen LogP contribution in [-0.4, -0.2) is 25.1 Å². The van der Waals surface area contributed by atoms with E-state index < -0.39 is 0 Å². The fourth-order valence-corrected chi connectivity index (χ4v) is 4.33. The van der Waals surface area contributed by atoms with Crippen molar-refractivity contribution in [3.8, 4) is 0 Å². The Bertz CT molecular complexity index is 558. The molecule has 0 aromatic heterocycles. The van der Waals surface area contributed by atoms with Crippen LogP contribution in [0.2, 0.25) is 0 Å². The van der Waals surface area contributed by atoms with Crippen LogP contribution in [0, 0.1) is 18.8 Å². The van der Waals surface area contributed by atoms with Crippen molar-refractivity contribution >= 4 is 18.3 Å². The van der Waals surface area contributed by atoms with Gasteiger partial charge in [0.1, 0.15) is 0 Å². The van der Waals surface area contributed by atoms with Gasteiger partial charge in [0.2, 0.25) is 5.91 Å². The van der Waals surface area contributed by atoms with Gasteiger partial charge in [-0.15, -0.1) is 12.4 Å². The van der Waals surface area contributed by atoms with Gasteiger partial charge in [0.25, 0.3) is 0 Å². The molecule has 1 aromatic rings. The minimum atomic E-state index is -0.140. The van der Waals surface area contributed by atoms with Crippen molar-refractivity contribution in [1.82, 2.24) is 5.32 Å². The van der Waals surface area contributed by atoms with Gasteiger partial charge in [-0.1, -0.05) is 49.1 Å². The summed E-state index contributed by atoms with van der Waals surface area (Å²) >= 11 is 0. The molecule has 3 N–H and O–H groups in total. The van der Waals surface area contributed by atoms with Crippen LogP contribution < -0.4 is 11.1 Å². The molecule has 2 fully saturated rings. The van der Waals surface area contributed by atoms with Crippen molar-refractivity contribution < 1.29 is 9.53 Å². The average Bonchev–Trinajstić information content (AvgIpc) is 2.67. The number of amides is 1. The highest BCUT2D eigenvalue weighted by Gasteiger charge is 2.35. The molecular weight excluding hydrogens is 348 g/mol. The third-order valence-corrected chi connectivity index (χ3v) is 5.87. The summed E-state index contributed by atoms with van der Waals surface area (Å²) in [4.78, 5) is 13.0. The van der Waals surface area contributed by atoms with E-state index in [1.165, 1.54) is 37.7 Å². The second-order valence-corrected chi connectivity index (χ2v) is 7.70. The number of nitrogens with one attached hydrogen (secondary N) is 1. The highest BCUT2D eigenvalue weighted by Crippen LogP contribution is 2.34. The van der Waals surface area contributed by atoms with E-state index >= 15 is 0 Å². The number of rotatable bonds is 5. The lowest BCUT2D eigenvalue weighted by Gasteiger charge is -2.35. The molecule has 2 aliphatic rings. The predicted octanol–water partition coefficient (Wildman–Crippen LogP) is 3.91. The Hall–Kier alpha value is -1.10. The van der Waals surface area contributed by atoms with Crippen molar-refractivity contribution in [3.05, 3.63) is 35.4 Å². The van der Waals surface area contributed by atoms with Crippen LogP contribution in [0.3, 0.4) is 0 Å². The maximum absolute atomic E-state index is 13.0. The molecule has 1 saturated carbocycles. The highest BCUT2D eigenvalue weighted by atomic mass is 35.5. The summed E-state index contributed by atoms with van der Waals surface area (Å²) in [6, 6.07) is 8.47. The number of hydrogen-bond acceptors (Lipinski definition) is 3. The van der Waals surface area contributed by atoms with E-state index in [0.29, 0.717) is 12.5 Å². The van der Waals surface area contributed by atoms with Crippen molar-refractivity contribution in [2.45, 2.75) is 64.0 Å². The van der Waals surface area contributed by atoms with Crippen LogP contribution in [0.5, 0.6) is 0 Å². The molecule has 4 nitrogen and oxygen atoms in total. The Morgan fingerprint density at radius 1 is 1.15 bits per heavy atom. The first-order chi connectivity index (χ1) is 12.2. The van der Waals surface area contributed by atoms with Gasteiger partial charge in [-0.2, -0.15) is 0 Å². The zero-order valence-corrected chi connectivity index (χ0v) is 16.6. The summed E-state index contributed by atoms with van der Waals surface area (Å²) in [5.74, 6) is 0.533. The molecule has 1 amide bonds. The smallest absolute Gasteiger partial charge is 0.226 e. The standard InChI is InChI=1S/C21H32N2O2.ClH/c1-15-9-11-17(12-10-15)20-18(8-5-13-25-20)21(24)23-19(14-22)16-6-3-2-4-7-16;/h9-12,16,18-20H,2-8,13-14,22H2,1H3,(H,23,24);1H. The number of carbonyl (C=O) groups is 1. The van der Waals surface area contributed by atoms with Crippen LogP contribution in [0.15, 0.2) is 24.3 Å². The van der Waals surface area contributed by atoms with Gasteiger partial charge in [-0.3, -0.25) is 4.79 Å². The molecular formula is C21H33ClN2O2. The molecule has 3 unspecified atom stereocenters. The van der Waals surface area contributed by atoms with Crippen molar-refractivity contribution in [2.24, 2.45) is 17.6 Å². The number of ether oxygens (including phenoxy) is 1. The van der Waals surface area contributed by atoms with Gasteiger partial charge < -0.3 is 15.8 Å². The van der Waals surface area contributed by atoms with E-state index in [1.807, 2.05) is 0 Å². The normalized spacial score (nSPS) is 25.2. The van der Waals surface area contributed by atoms with Gasteiger partial charge in [-0.05, 0) is 44.1 Å². The third-order valence-electron chi connectivity index (χ3n) is 5.87. The maximum atomic E-state index is 13.0. The molecule has 3 rings (SSSR count). The van der Waals surface area contributed by atoms with E-state index in [1.54, 1.807) is 0 Å². The lowest BCUT2D eigenvalue weighted by Crippen LogP contribution is -2.49. The fourth-order valence-electron chi connectivity index (χ4n) is 4.33. The van der Waals surface area contributed by atoms with Crippen LogP contribution in [0.1, 0.15) is 62.2 Å². The zero-order valence-electron chi connectivity index (χ0n) is 15.8. The quantitative estimate of drug-likeness (QED) is 0.813. The molecule has 1 heterocycles. The minimum Gasteiger partial charge on any atom is -0.373 e. The molecule has 26 heavy (non-hydrogen) atoms. The van der Waals surface area contributed by atoms with E-state index in [4.69, 9.17) is 10.5 Å². The van der Waals surface area contributed by atoms with E-state index in [2.05, 4.69) is 36.5 Å². The van der Waals surface area contributed by atoms with Crippen molar-refractivity contribution in [2.75, 3.05) is 13.2 Å². The maximum Gasteiger partial charge on any atom is 0.226 e. The molecule has 1 aliphatic heterocycles. The summed E-state index contributed by atoms with van der Waals surface area (Å²) in [6.45, 7) is 3.33. The van der Waals surface area contributed by atoms with Gasteiger partial charge >= 0.3 is 0 Å². The Labute approximate surface area is 163 Å². The SMILES string of the molecule is Cc1ccc(C2OCCCC2C(=O)NC(CN)C2CCCCC2)cc1.Cl. The molecule has 0 bridgehead atoms. The summed E-state index contributed by atoms with van der Waals surface area (Å²) < 4.78 is 6.01. The number of carbonyl (C=O) groups excluding carboxylic acids is 1. The second kappa shape index (κ2) is 10.3. The van der Waals surface area contributed by atoms with E-state index in [9.17, 15) is 4.79 Å². The number of halogens is 1. The molecule has 3 atom stereocenters. The fraction of sp³-hybridized carbons (Fsp3) is 0.667. The van der Waals surface area contributed by atoms with E-state index in [-0.39, 0.29) is 36.4 Å². The van der Waals surface area contributed by atoms with Gasteiger partial charge in [0.15, 0.2) is 0 Å². The van der Waals surface area contributed by atoms with Gasteiger partial charge in [0, 0.05) is 19.2 Å². The monoisotopic (exact) mass is 380 g/mol. The van der Waals surface area contributed by atoms with Crippen LogP contribution in [-0.2, 0) is 9.53 Å². The Morgan fingerprint density at radius 3 is 2.50 bits per heavy atom. The molecule has 1 aliphatic carbocycles. The van der Waals surface area contributed by atoms with Crippen LogP contribution in [0.25, 0.3) is 0 Å². The Morgan fingerprint density at radius 2 is 1.85 bits per heavy atom. The van der Waals surface area contributed by atoms with Crippen molar-refractivity contribution in [3.63, 3.8) is 0 Å². The summed E-state index contributed by atoms with van der Waals surface area (Å²) in [5.41, 5.74) is 8.33. The number of nitrogens with two attached hydrogens (primary N) is 1.